The minimum atomic E-state index is -0.215. The van der Waals surface area contributed by atoms with Crippen molar-refractivity contribution in [2.75, 3.05) is 36.4 Å². The lowest BCUT2D eigenvalue weighted by Crippen LogP contribution is -2.50. The van der Waals surface area contributed by atoms with Crippen molar-refractivity contribution in [3.8, 4) is 0 Å². The fourth-order valence-corrected chi connectivity index (χ4v) is 3.51. The number of para-hydroxylation sites is 1. The number of nitrogens with one attached hydrogen (secondary N) is 1. The van der Waals surface area contributed by atoms with E-state index in [9.17, 15) is 9.59 Å². The van der Waals surface area contributed by atoms with Gasteiger partial charge in [0, 0.05) is 44.3 Å². The number of carbonyl (C=O) groups excluding carboxylic acids is 2. The first-order valence-electron chi connectivity index (χ1n) is 9.31. The molecule has 27 heavy (non-hydrogen) atoms. The zero-order chi connectivity index (χ0) is 18.8. The van der Waals surface area contributed by atoms with E-state index in [1.165, 1.54) is 0 Å². The third-order valence-corrected chi connectivity index (χ3v) is 5.27. The van der Waals surface area contributed by atoms with E-state index in [0.717, 1.165) is 11.3 Å². The van der Waals surface area contributed by atoms with Crippen molar-refractivity contribution in [3.05, 3.63) is 48.3 Å². The van der Waals surface area contributed by atoms with Gasteiger partial charge in [0.1, 0.15) is 0 Å². The van der Waals surface area contributed by atoms with Gasteiger partial charge in [-0.3, -0.25) is 9.59 Å². The van der Waals surface area contributed by atoms with Gasteiger partial charge in [0.25, 0.3) is 0 Å². The molecule has 1 aromatic carbocycles. The van der Waals surface area contributed by atoms with Crippen molar-refractivity contribution in [1.29, 1.82) is 0 Å². The van der Waals surface area contributed by atoms with E-state index in [-0.39, 0.29) is 23.7 Å². The maximum Gasteiger partial charge on any atom is 0.228 e. The maximum absolute atomic E-state index is 12.7. The third-order valence-electron chi connectivity index (χ3n) is 5.27. The summed E-state index contributed by atoms with van der Waals surface area (Å²) in [6, 6.07) is 9.47. The number of amides is 2. The minimum absolute atomic E-state index is 0.0565. The van der Waals surface area contributed by atoms with Crippen molar-refractivity contribution in [1.82, 2.24) is 14.9 Å². The molecule has 2 fully saturated rings. The van der Waals surface area contributed by atoms with E-state index >= 15 is 0 Å². The summed E-state index contributed by atoms with van der Waals surface area (Å²) in [5.41, 5.74) is 1.84. The summed E-state index contributed by atoms with van der Waals surface area (Å²) in [4.78, 5) is 37.7. The van der Waals surface area contributed by atoms with Gasteiger partial charge >= 0.3 is 0 Å². The van der Waals surface area contributed by atoms with Crippen LogP contribution in [0.2, 0.25) is 0 Å². The standard InChI is InChI=1S/C20H23N5O2/c1-14-5-2-3-6-17(14)23-18(26)15-13-16(15)19(27)24-9-11-25(12-10-24)20-21-7-4-8-22-20/h2-8,15-16H,9-13H2,1H3,(H,23,26). The first-order valence-corrected chi connectivity index (χ1v) is 9.31. The van der Waals surface area contributed by atoms with Gasteiger partial charge < -0.3 is 15.1 Å². The number of aromatic nitrogens is 2. The predicted octanol–water partition coefficient (Wildman–Crippen LogP) is 1.71. The molecule has 1 aromatic heterocycles. The number of nitrogens with zero attached hydrogens (tertiary/aromatic N) is 4. The molecular weight excluding hydrogens is 342 g/mol. The molecule has 1 saturated carbocycles. The Balaban J connectivity index is 1.29. The second-order valence-electron chi connectivity index (χ2n) is 7.11. The molecule has 2 atom stereocenters. The topological polar surface area (TPSA) is 78.4 Å². The number of rotatable bonds is 4. The van der Waals surface area contributed by atoms with E-state index in [1.54, 1.807) is 18.5 Å². The number of piperazine rings is 1. The maximum atomic E-state index is 12.7. The van der Waals surface area contributed by atoms with Gasteiger partial charge in [0.05, 0.1) is 11.8 Å². The summed E-state index contributed by atoms with van der Waals surface area (Å²) in [7, 11) is 0. The molecule has 4 rings (SSSR count). The molecule has 1 N–H and O–H groups in total. The van der Waals surface area contributed by atoms with Crippen LogP contribution in [0.4, 0.5) is 11.6 Å². The molecule has 140 valence electrons. The van der Waals surface area contributed by atoms with Crippen molar-refractivity contribution in [3.63, 3.8) is 0 Å². The van der Waals surface area contributed by atoms with E-state index in [4.69, 9.17) is 0 Å². The molecule has 2 aromatic rings. The molecule has 0 spiro atoms. The molecular formula is C20H23N5O2. The van der Waals surface area contributed by atoms with Crippen LogP contribution in [0.1, 0.15) is 12.0 Å². The van der Waals surface area contributed by atoms with Gasteiger partial charge in [0.2, 0.25) is 17.8 Å². The molecule has 2 heterocycles. The number of benzene rings is 1. The van der Waals surface area contributed by atoms with Crippen LogP contribution in [0, 0.1) is 18.8 Å². The zero-order valence-electron chi connectivity index (χ0n) is 15.3. The number of hydrogen-bond acceptors (Lipinski definition) is 5. The Morgan fingerprint density at radius 1 is 1.00 bits per heavy atom. The summed E-state index contributed by atoms with van der Waals surface area (Å²) < 4.78 is 0. The summed E-state index contributed by atoms with van der Waals surface area (Å²) in [6.07, 6.45) is 4.09. The fourth-order valence-electron chi connectivity index (χ4n) is 3.51. The van der Waals surface area contributed by atoms with E-state index < -0.39 is 0 Å². The molecule has 7 heteroatoms. The Morgan fingerprint density at radius 3 is 2.41 bits per heavy atom. The lowest BCUT2D eigenvalue weighted by molar-refractivity contribution is -0.134. The van der Waals surface area contributed by atoms with Crippen LogP contribution < -0.4 is 10.2 Å². The molecule has 2 unspecified atom stereocenters. The number of hydrogen-bond donors (Lipinski definition) is 1. The smallest absolute Gasteiger partial charge is 0.228 e. The van der Waals surface area contributed by atoms with Crippen molar-refractivity contribution in [2.45, 2.75) is 13.3 Å². The molecule has 1 saturated heterocycles. The van der Waals surface area contributed by atoms with Gasteiger partial charge in [0.15, 0.2) is 0 Å². The second-order valence-corrected chi connectivity index (χ2v) is 7.11. The normalized spacial score (nSPS) is 21.7. The molecule has 2 aliphatic rings. The second kappa shape index (κ2) is 7.34. The van der Waals surface area contributed by atoms with Crippen LogP contribution in [0.5, 0.6) is 0 Å². The van der Waals surface area contributed by atoms with Crippen LogP contribution in [-0.2, 0) is 9.59 Å². The largest absolute Gasteiger partial charge is 0.339 e. The first-order chi connectivity index (χ1) is 13.1. The average Bonchev–Trinajstić information content (AvgIpc) is 3.51. The number of anilines is 2. The van der Waals surface area contributed by atoms with Crippen molar-refractivity contribution < 1.29 is 9.59 Å². The average molecular weight is 365 g/mol. The number of aryl methyl sites for hydroxylation is 1. The van der Waals surface area contributed by atoms with E-state index in [2.05, 4.69) is 20.2 Å². The van der Waals surface area contributed by atoms with E-state index in [1.807, 2.05) is 36.1 Å². The highest BCUT2D eigenvalue weighted by Crippen LogP contribution is 2.41. The van der Waals surface area contributed by atoms with Crippen LogP contribution in [0.25, 0.3) is 0 Å². The number of carbonyl (C=O) groups is 2. The van der Waals surface area contributed by atoms with Crippen molar-refractivity contribution in [2.24, 2.45) is 11.8 Å². The summed E-state index contributed by atoms with van der Waals surface area (Å²) in [5, 5.41) is 2.95. The van der Waals surface area contributed by atoms with E-state index in [0.29, 0.717) is 38.5 Å². The molecule has 0 bridgehead atoms. The highest BCUT2D eigenvalue weighted by Gasteiger charge is 2.49. The Labute approximate surface area is 158 Å². The Hall–Kier alpha value is -2.96. The summed E-state index contributed by atoms with van der Waals surface area (Å²) >= 11 is 0. The fraction of sp³-hybridized carbons (Fsp3) is 0.400. The van der Waals surface area contributed by atoms with Crippen LogP contribution in [-0.4, -0.2) is 52.9 Å². The predicted molar refractivity (Wildman–Crippen MR) is 102 cm³/mol. The lowest BCUT2D eigenvalue weighted by Gasteiger charge is -2.34. The lowest BCUT2D eigenvalue weighted by atomic mass is 10.2. The Kier molecular flexibility index (Phi) is 4.75. The first kappa shape index (κ1) is 17.5. The van der Waals surface area contributed by atoms with Crippen LogP contribution in [0.3, 0.4) is 0 Å². The van der Waals surface area contributed by atoms with Gasteiger partial charge in [-0.1, -0.05) is 18.2 Å². The highest BCUT2D eigenvalue weighted by molar-refractivity contribution is 5.99. The highest BCUT2D eigenvalue weighted by atomic mass is 16.2. The van der Waals surface area contributed by atoms with Gasteiger partial charge in [-0.2, -0.15) is 0 Å². The third kappa shape index (κ3) is 3.77. The molecule has 2 amide bonds. The minimum Gasteiger partial charge on any atom is -0.339 e. The zero-order valence-corrected chi connectivity index (χ0v) is 15.3. The monoisotopic (exact) mass is 365 g/mol. The molecule has 0 radical (unpaired) electrons. The summed E-state index contributed by atoms with van der Waals surface area (Å²) in [5.74, 6) is 0.333. The molecule has 1 aliphatic carbocycles. The van der Waals surface area contributed by atoms with Gasteiger partial charge in [-0.25, -0.2) is 9.97 Å². The molecule has 1 aliphatic heterocycles. The quantitative estimate of drug-likeness (QED) is 0.892. The summed E-state index contributed by atoms with van der Waals surface area (Å²) in [6.45, 7) is 4.66. The molecule has 7 nitrogen and oxygen atoms in total. The van der Waals surface area contributed by atoms with Crippen LogP contribution >= 0.6 is 0 Å². The van der Waals surface area contributed by atoms with Crippen molar-refractivity contribution >= 4 is 23.5 Å². The van der Waals surface area contributed by atoms with Gasteiger partial charge in [-0.05, 0) is 31.0 Å². The van der Waals surface area contributed by atoms with Crippen LogP contribution in [0.15, 0.2) is 42.7 Å². The van der Waals surface area contributed by atoms with Gasteiger partial charge in [-0.15, -0.1) is 0 Å². The Morgan fingerprint density at radius 2 is 1.70 bits per heavy atom. The SMILES string of the molecule is Cc1ccccc1NC(=O)C1CC1C(=O)N1CCN(c2ncccn2)CC1. The Bertz CT molecular complexity index is 833.